The van der Waals surface area contributed by atoms with E-state index in [0.717, 1.165) is 12.8 Å². The van der Waals surface area contributed by atoms with E-state index in [1.165, 1.54) is 24.0 Å². The van der Waals surface area contributed by atoms with Crippen molar-refractivity contribution in [1.82, 2.24) is 0 Å². The van der Waals surface area contributed by atoms with Gasteiger partial charge in [0.25, 0.3) is 0 Å². The minimum atomic E-state index is 0.371. The Bertz CT molecular complexity index is 312. The Balaban J connectivity index is 2.24. The standard InChI is InChI=1S/C12H15NO/c14-13-9-11-7-4-6-10-5-2-1-3-8-12(10)11/h1,3,5,8,11H,2,4,6-7,9H2. The van der Waals surface area contributed by atoms with Crippen LogP contribution in [0.2, 0.25) is 0 Å². The molecule has 0 amide bonds. The fraction of sp³-hybridized carbons (Fsp3) is 0.500. The summed E-state index contributed by atoms with van der Waals surface area (Å²) in [4.78, 5) is 10.3. The Morgan fingerprint density at radius 2 is 2.43 bits per heavy atom. The quantitative estimate of drug-likeness (QED) is 0.612. The average Bonchev–Trinajstić information content (AvgIpc) is 2.44. The molecule has 0 N–H and O–H groups in total. The molecular formula is C12H15NO. The molecule has 2 rings (SSSR count). The van der Waals surface area contributed by atoms with Gasteiger partial charge in [-0.2, -0.15) is 4.91 Å². The molecule has 0 heterocycles. The lowest BCUT2D eigenvalue weighted by Crippen LogP contribution is -2.15. The maximum atomic E-state index is 10.3. The second-order valence-corrected chi connectivity index (χ2v) is 3.92. The van der Waals surface area contributed by atoms with E-state index in [1.807, 2.05) is 0 Å². The van der Waals surface area contributed by atoms with Crippen LogP contribution in [0.4, 0.5) is 0 Å². The van der Waals surface area contributed by atoms with Crippen molar-refractivity contribution in [3.05, 3.63) is 40.4 Å². The first-order valence-corrected chi connectivity index (χ1v) is 5.27. The van der Waals surface area contributed by atoms with Crippen molar-refractivity contribution in [1.29, 1.82) is 0 Å². The van der Waals surface area contributed by atoms with Crippen molar-refractivity contribution < 1.29 is 0 Å². The van der Waals surface area contributed by atoms with E-state index in [9.17, 15) is 4.91 Å². The van der Waals surface area contributed by atoms with Crippen LogP contribution in [-0.4, -0.2) is 6.54 Å². The van der Waals surface area contributed by atoms with Gasteiger partial charge in [-0.3, -0.25) is 0 Å². The third-order valence-corrected chi connectivity index (χ3v) is 3.02. The number of hydrogen-bond donors (Lipinski definition) is 0. The predicted octanol–water partition coefficient (Wildman–Crippen LogP) is 3.37. The minimum Gasteiger partial charge on any atom is -0.151 e. The fourth-order valence-electron chi connectivity index (χ4n) is 2.30. The van der Waals surface area contributed by atoms with E-state index < -0.39 is 0 Å². The molecule has 0 aromatic carbocycles. The molecule has 0 aromatic rings. The molecule has 0 spiro atoms. The third kappa shape index (κ3) is 1.84. The van der Waals surface area contributed by atoms with Crippen LogP contribution in [0.3, 0.4) is 0 Å². The second-order valence-electron chi connectivity index (χ2n) is 3.92. The molecule has 0 bridgehead atoms. The predicted molar refractivity (Wildman–Crippen MR) is 57.9 cm³/mol. The molecule has 2 nitrogen and oxygen atoms in total. The maximum Gasteiger partial charge on any atom is 0.0879 e. The summed E-state index contributed by atoms with van der Waals surface area (Å²) < 4.78 is 0. The van der Waals surface area contributed by atoms with Crippen LogP contribution in [0.5, 0.6) is 0 Å². The van der Waals surface area contributed by atoms with Gasteiger partial charge in [0, 0.05) is 5.92 Å². The Morgan fingerprint density at radius 1 is 1.50 bits per heavy atom. The molecule has 1 fully saturated rings. The Hall–Kier alpha value is -1.18. The fourth-order valence-corrected chi connectivity index (χ4v) is 2.30. The van der Waals surface area contributed by atoms with E-state index in [-0.39, 0.29) is 0 Å². The molecule has 0 aliphatic heterocycles. The first kappa shape index (κ1) is 9.38. The van der Waals surface area contributed by atoms with Crippen molar-refractivity contribution in [3.63, 3.8) is 0 Å². The van der Waals surface area contributed by atoms with Crippen molar-refractivity contribution >= 4 is 0 Å². The largest absolute Gasteiger partial charge is 0.151 e. The van der Waals surface area contributed by atoms with Gasteiger partial charge in [0.2, 0.25) is 0 Å². The highest BCUT2D eigenvalue weighted by molar-refractivity contribution is 5.39. The first-order chi connectivity index (χ1) is 6.92. The van der Waals surface area contributed by atoms with Crippen LogP contribution in [-0.2, 0) is 0 Å². The van der Waals surface area contributed by atoms with Gasteiger partial charge in [0.15, 0.2) is 0 Å². The smallest absolute Gasteiger partial charge is 0.0879 e. The van der Waals surface area contributed by atoms with Crippen LogP contribution in [0, 0.1) is 10.8 Å². The van der Waals surface area contributed by atoms with Crippen molar-refractivity contribution in [2.75, 3.05) is 6.54 Å². The molecule has 2 aliphatic carbocycles. The zero-order chi connectivity index (χ0) is 9.80. The van der Waals surface area contributed by atoms with Crippen LogP contribution in [0.1, 0.15) is 25.7 Å². The molecule has 0 aromatic heterocycles. The van der Waals surface area contributed by atoms with Crippen LogP contribution >= 0.6 is 0 Å². The van der Waals surface area contributed by atoms with Crippen LogP contribution < -0.4 is 0 Å². The van der Waals surface area contributed by atoms with Crippen molar-refractivity contribution in [3.8, 4) is 0 Å². The molecule has 14 heavy (non-hydrogen) atoms. The normalized spacial score (nSPS) is 25.9. The lowest BCUT2D eigenvalue weighted by atomic mass is 9.80. The summed E-state index contributed by atoms with van der Waals surface area (Å²) in [7, 11) is 0. The van der Waals surface area contributed by atoms with Gasteiger partial charge in [0.1, 0.15) is 0 Å². The molecular weight excluding hydrogens is 174 g/mol. The Kier molecular flexibility index (Phi) is 2.92. The summed E-state index contributed by atoms with van der Waals surface area (Å²) in [5, 5.41) is 3.04. The number of nitrogens with zero attached hydrogens (tertiary/aromatic N) is 1. The number of rotatable bonds is 2. The van der Waals surface area contributed by atoms with Crippen LogP contribution in [0.25, 0.3) is 0 Å². The second kappa shape index (κ2) is 4.36. The van der Waals surface area contributed by atoms with E-state index in [1.54, 1.807) is 0 Å². The summed E-state index contributed by atoms with van der Waals surface area (Å²) >= 11 is 0. The van der Waals surface area contributed by atoms with Gasteiger partial charge in [0.05, 0.1) is 6.54 Å². The Labute approximate surface area is 84.4 Å². The van der Waals surface area contributed by atoms with E-state index in [2.05, 4.69) is 29.5 Å². The average molecular weight is 189 g/mol. The molecule has 2 aliphatic rings. The van der Waals surface area contributed by atoms with Crippen molar-refractivity contribution in [2.24, 2.45) is 11.1 Å². The maximum absolute atomic E-state index is 10.3. The summed E-state index contributed by atoms with van der Waals surface area (Å²) in [5.74, 6) is 0.371. The number of allylic oxidation sites excluding steroid dienone is 5. The monoisotopic (exact) mass is 189 g/mol. The summed E-state index contributed by atoms with van der Waals surface area (Å²) in [6, 6.07) is 0. The highest BCUT2D eigenvalue weighted by atomic mass is 16.3. The minimum absolute atomic E-state index is 0.371. The van der Waals surface area contributed by atoms with Crippen molar-refractivity contribution in [2.45, 2.75) is 25.7 Å². The summed E-state index contributed by atoms with van der Waals surface area (Å²) in [5.41, 5.74) is 2.79. The van der Waals surface area contributed by atoms with E-state index in [4.69, 9.17) is 0 Å². The molecule has 1 saturated carbocycles. The van der Waals surface area contributed by atoms with Gasteiger partial charge in [-0.05, 0) is 36.8 Å². The third-order valence-electron chi connectivity index (χ3n) is 3.02. The lowest BCUT2D eigenvalue weighted by molar-refractivity contribution is 0.509. The number of hydrogen-bond acceptors (Lipinski definition) is 2. The summed E-state index contributed by atoms with van der Waals surface area (Å²) in [6.45, 7) is 0.441. The van der Waals surface area contributed by atoms with E-state index >= 15 is 0 Å². The van der Waals surface area contributed by atoms with Crippen LogP contribution in [0.15, 0.2) is 40.6 Å². The molecule has 0 radical (unpaired) electrons. The Morgan fingerprint density at radius 3 is 3.29 bits per heavy atom. The first-order valence-electron chi connectivity index (χ1n) is 5.27. The zero-order valence-electron chi connectivity index (χ0n) is 8.28. The molecule has 1 unspecified atom stereocenters. The van der Waals surface area contributed by atoms with Gasteiger partial charge in [-0.15, -0.1) is 0 Å². The van der Waals surface area contributed by atoms with Gasteiger partial charge in [-0.1, -0.05) is 29.5 Å². The topological polar surface area (TPSA) is 29.4 Å². The number of fused-ring (bicyclic) bond motifs is 1. The molecule has 2 heteroatoms. The SMILES string of the molecule is O=NCC1CCCC2=CCC=CC=C21. The molecule has 0 saturated heterocycles. The lowest BCUT2D eigenvalue weighted by Gasteiger charge is -2.25. The van der Waals surface area contributed by atoms with Gasteiger partial charge < -0.3 is 0 Å². The number of nitroso groups, excluding NO2 is 1. The molecule has 74 valence electrons. The molecule has 1 atom stereocenters. The van der Waals surface area contributed by atoms with Gasteiger partial charge >= 0.3 is 0 Å². The summed E-state index contributed by atoms with van der Waals surface area (Å²) in [6.07, 6.45) is 13.2. The van der Waals surface area contributed by atoms with Gasteiger partial charge in [-0.25, -0.2) is 0 Å². The van der Waals surface area contributed by atoms with E-state index in [0.29, 0.717) is 12.5 Å². The highest BCUT2D eigenvalue weighted by Gasteiger charge is 2.22. The highest BCUT2D eigenvalue weighted by Crippen LogP contribution is 2.35. The zero-order valence-corrected chi connectivity index (χ0v) is 8.28.